The highest BCUT2D eigenvalue weighted by Crippen LogP contribution is 2.32. The van der Waals surface area contributed by atoms with Crippen LogP contribution in [0.4, 0.5) is 5.69 Å². The molecule has 3 N–H and O–H groups in total. The fourth-order valence-corrected chi connectivity index (χ4v) is 3.27. The first-order chi connectivity index (χ1) is 13.6. The van der Waals surface area contributed by atoms with Crippen molar-refractivity contribution in [3.8, 4) is 11.3 Å². The van der Waals surface area contributed by atoms with E-state index in [0.29, 0.717) is 16.9 Å². The lowest BCUT2D eigenvalue weighted by Gasteiger charge is -2.18. The van der Waals surface area contributed by atoms with E-state index in [4.69, 9.17) is 10.7 Å². The molecule has 0 aliphatic carbocycles. The number of pyridine rings is 2. The molecular weight excluding hydrogens is 348 g/mol. The highest BCUT2D eigenvalue weighted by Gasteiger charge is 2.21. The lowest BCUT2D eigenvalue weighted by Crippen LogP contribution is -2.28. The monoisotopic (exact) mass is 368 g/mol. The summed E-state index contributed by atoms with van der Waals surface area (Å²) in [6, 6.07) is 20.8. The molecule has 0 aliphatic heterocycles. The smallest absolute Gasteiger partial charge is 0.254 e. The van der Waals surface area contributed by atoms with Crippen molar-refractivity contribution in [1.29, 1.82) is 0 Å². The van der Waals surface area contributed by atoms with E-state index in [9.17, 15) is 4.79 Å². The third kappa shape index (κ3) is 3.30. The van der Waals surface area contributed by atoms with Gasteiger partial charge in [-0.1, -0.05) is 54.6 Å². The average Bonchev–Trinajstić information content (AvgIpc) is 2.74. The molecule has 0 spiro atoms. The topological polar surface area (TPSA) is 80.9 Å². The summed E-state index contributed by atoms with van der Waals surface area (Å²) in [5.41, 5.74) is 10.4. The summed E-state index contributed by atoms with van der Waals surface area (Å²) in [5, 5.41) is 3.77. The van der Waals surface area contributed by atoms with Crippen LogP contribution in [0.1, 0.15) is 28.9 Å². The Morgan fingerprint density at radius 3 is 2.50 bits per heavy atom. The Balaban J connectivity index is 1.81. The molecule has 1 unspecified atom stereocenters. The van der Waals surface area contributed by atoms with Crippen molar-refractivity contribution in [2.24, 2.45) is 0 Å². The molecule has 5 nitrogen and oxygen atoms in total. The number of nitrogen functional groups attached to an aromatic ring is 1. The van der Waals surface area contributed by atoms with Crippen molar-refractivity contribution in [3.63, 3.8) is 0 Å². The second-order valence-electron chi connectivity index (χ2n) is 6.61. The largest absolute Gasteiger partial charge is 0.396 e. The molecule has 0 saturated carbocycles. The number of rotatable bonds is 4. The average molecular weight is 368 g/mol. The predicted octanol–water partition coefficient (Wildman–Crippen LogP) is 4.37. The summed E-state index contributed by atoms with van der Waals surface area (Å²) in [4.78, 5) is 22.0. The number of nitrogens with zero attached hydrogens (tertiary/aromatic N) is 2. The van der Waals surface area contributed by atoms with Crippen LogP contribution in [0.3, 0.4) is 0 Å². The van der Waals surface area contributed by atoms with Crippen LogP contribution in [0.2, 0.25) is 0 Å². The summed E-state index contributed by atoms with van der Waals surface area (Å²) >= 11 is 0. The van der Waals surface area contributed by atoms with Crippen LogP contribution in [0.5, 0.6) is 0 Å². The first-order valence-electron chi connectivity index (χ1n) is 9.09. The van der Waals surface area contributed by atoms with Crippen LogP contribution in [-0.4, -0.2) is 15.9 Å². The zero-order valence-corrected chi connectivity index (χ0v) is 15.5. The molecular formula is C23H20N4O. The van der Waals surface area contributed by atoms with E-state index in [0.717, 1.165) is 22.0 Å². The number of nitrogens with two attached hydrogens (primary N) is 1. The van der Waals surface area contributed by atoms with Crippen molar-refractivity contribution < 1.29 is 4.79 Å². The van der Waals surface area contributed by atoms with Gasteiger partial charge in [-0.25, -0.2) is 4.98 Å². The number of para-hydroxylation sites is 1. The van der Waals surface area contributed by atoms with Gasteiger partial charge in [0.1, 0.15) is 0 Å². The van der Waals surface area contributed by atoms with E-state index in [1.165, 1.54) is 0 Å². The predicted molar refractivity (Wildman–Crippen MR) is 112 cm³/mol. The molecule has 0 bridgehead atoms. The highest BCUT2D eigenvalue weighted by atomic mass is 16.1. The van der Waals surface area contributed by atoms with Gasteiger partial charge >= 0.3 is 0 Å². The fourth-order valence-electron chi connectivity index (χ4n) is 3.27. The molecule has 28 heavy (non-hydrogen) atoms. The Bertz CT molecular complexity index is 1130. The Labute approximate surface area is 163 Å². The normalized spacial score (nSPS) is 11.9. The van der Waals surface area contributed by atoms with E-state index < -0.39 is 0 Å². The number of hydrogen-bond donors (Lipinski definition) is 2. The summed E-state index contributed by atoms with van der Waals surface area (Å²) in [7, 11) is 0. The maximum absolute atomic E-state index is 13.2. The molecule has 1 amide bonds. The second-order valence-corrected chi connectivity index (χ2v) is 6.61. The van der Waals surface area contributed by atoms with Gasteiger partial charge in [0.2, 0.25) is 0 Å². The van der Waals surface area contributed by atoms with Crippen LogP contribution in [0, 0.1) is 0 Å². The molecule has 0 aliphatic rings. The molecule has 1 atom stereocenters. The van der Waals surface area contributed by atoms with Crippen LogP contribution in [0.25, 0.3) is 22.2 Å². The zero-order chi connectivity index (χ0) is 19.5. The number of fused-ring (bicyclic) bond motifs is 1. The van der Waals surface area contributed by atoms with Gasteiger partial charge in [0, 0.05) is 23.3 Å². The Hall–Kier alpha value is -3.73. The highest BCUT2D eigenvalue weighted by molar-refractivity contribution is 6.12. The van der Waals surface area contributed by atoms with Crippen LogP contribution in [0.15, 0.2) is 79.1 Å². The minimum atomic E-state index is -0.232. The van der Waals surface area contributed by atoms with Crippen molar-refractivity contribution in [1.82, 2.24) is 15.3 Å². The summed E-state index contributed by atoms with van der Waals surface area (Å²) in [5.74, 6) is -0.232. The maximum atomic E-state index is 13.2. The van der Waals surface area contributed by atoms with E-state index in [1.807, 2.05) is 73.7 Å². The molecule has 2 aromatic carbocycles. The summed E-state index contributed by atoms with van der Waals surface area (Å²) in [6.45, 7) is 1.92. The number of nitrogens with one attached hydrogen (secondary N) is 1. The fraction of sp³-hybridized carbons (Fsp3) is 0.0870. The number of aromatic nitrogens is 2. The van der Waals surface area contributed by atoms with Gasteiger partial charge in [-0.15, -0.1) is 0 Å². The first-order valence-corrected chi connectivity index (χ1v) is 9.09. The molecule has 2 heterocycles. The molecule has 2 aromatic heterocycles. The number of benzene rings is 2. The van der Waals surface area contributed by atoms with Crippen molar-refractivity contribution in [3.05, 3.63) is 90.3 Å². The Kier molecular flexibility index (Phi) is 4.72. The zero-order valence-electron chi connectivity index (χ0n) is 15.5. The van der Waals surface area contributed by atoms with Crippen LogP contribution < -0.4 is 11.1 Å². The second kappa shape index (κ2) is 7.48. The van der Waals surface area contributed by atoms with Gasteiger partial charge in [0.05, 0.1) is 28.5 Å². The molecule has 0 saturated heterocycles. The SMILES string of the molecule is CC(NC(=O)c1c(N)c(-c2ccccc2)nc2ccccc12)c1cccnc1. The third-order valence-electron chi connectivity index (χ3n) is 4.74. The van der Waals surface area contributed by atoms with Crippen molar-refractivity contribution >= 4 is 22.5 Å². The van der Waals surface area contributed by atoms with Gasteiger partial charge in [0.15, 0.2) is 0 Å². The van der Waals surface area contributed by atoms with Crippen LogP contribution >= 0.6 is 0 Å². The minimum Gasteiger partial charge on any atom is -0.396 e. The number of carbonyl (C=O) groups excluding carboxylic acids is 1. The number of carbonyl (C=O) groups is 1. The Morgan fingerprint density at radius 2 is 1.75 bits per heavy atom. The molecule has 0 fully saturated rings. The van der Waals surface area contributed by atoms with Crippen molar-refractivity contribution in [2.45, 2.75) is 13.0 Å². The van der Waals surface area contributed by atoms with E-state index in [1.54, 1.807) is 12.4 Å². The number of amides is 1. The van der Waals surface area contributed by atoms with E-state index in [2.05, 4.69) is 10.3 Å². The first kappa shape index (κ1) is 17.7. The van der Waals surface area contributed by atoms with Gasteiger partial charge in [-0.2, -0.15) is 0 Å². The third-order valence-corrected chi connectivity index (χ3v) is 4.74. The molecule has 5 heteroatoms. The minimum absolute atomic E-state index is 0.201. The van der Waals surface area contributed by atoms with Gasteiger partial charge in [-0.05, 0) is 24.6 Å². The van der Waals surface area contributed by atoms with E-state index >= 15 is 0 Å². The molecule has 0 radical (unpaired) electrons. The number of anilines is 1. The molecule has 138 valence electrons. The summed E-state index contributed by atoms with van der Waals surface area (Å²) in [6.07, 6.45) is 3.45. The van der Waals surface area contributed by atoms with Gasteiger partial charge in [0.25, 0.3) is 5.91 Å². The van der Waals surface area contributed by atoms with Crippen LogP contribution in [-0.2, 0) is 0 Å². The lowest BCUT2D eigenvalue weighted by molar-refractivity contribution is 0.0942. The summed E-state index contributed by atoms with van der Waals surface area (Å²) < 4.78 is 0. The quantitative estimate of drug-likeness (QED) is 0.560. The van der Waals surface area contributed by atoms with Gasteiger partial charge < -0.3 is 11.1 Å². The number of hydrogen-bond acceptors (Lipinski definition) is 4. The molecule has 4 rings (SSSR count). The maximum Gasteiger partial charge on any atom is 0.254 e. The van der Waals surface area contributed by atoms with Gasteiger partial charge in [-0.3, -0.25) is 9.78 Å². The van der Waals surface area contributed by atoms with Crippen molar-refractivity contribution in [2.75, 3.05) is 5.73 Å². The molecule has 4 aromatic rings. The Morgan fingerprint density at radius 1 is 1.00 bits per heavy atom. The lowest BCUT2D eigenvalue weighted by atomic mass is 10.00. The standard InChI is InChI=1S/C23H20N4O/c1-15(17-10-7-13-25-14-17)26-23(28)20-18-11-5-6-12-19(18)27-22(21(20)24)16-8-3-2-4-9-16/h2-15H,24H2,1H3,(H,26,28). The van der Waals surface area contributed by atoms with E-state index in [-0.39, 0.29) is 11.9 Å².